The lowest BCUT2D eigenvalue weighted by atomic mass is 9.96. The third-order valence-corrected chi connectivity index (χ3v) is 5.21. The van der Waals surface area contributed by atoms with Gasteiger partial charge in [-0.3, -0.25) is 9.59 Å². The standard InChI is InChI=1S/C20H24N4O2/c21-14-17(20(26)24-11-7-16(8-12-24)19(22)25)13-15-3-5-18(6-4-15)23-9-1-2-10-23/h3-6,13,16H,1-2,7-12H2,(H2,22,25). The molecule has 0 spiro atoms. The van der Waals surface area contributed by atoms with E-state index < -0.39 is 0 Å². The zero-order chi connectivity index (χ0) is 18.5. The summed E-state index contributed by atoms with van der Waals surface area (Å²) in [4.78, 5) is 27.8. The van der Waals surface area contributed by atoms with Crippen LogP contribution >= 0.6 is 0 Å². The molecular formula is C20H24N4O2. The summed E-state index contributed by atoms with van der Waals surface area (Å²) < 4.78 is 0. The quantitative estimate of drug-likeness (QED) is 0.662. The predicted octanol–water partition coefficient (Wildman–Crippen LogP) is 1.92. The van der Waals surface area contributed by atoms with Crippen molar-refractivity contribution in [2.45, 2.75) is 25.7 Å². The third-order valence-electron chi connectivity index (χ3n) is 5.21. The van der Waals surface area contributed by atoms with Crippen molar-refractivity contribution in [1.29, 1.82) is 5.26 Å². The summed E-state index contributed by atoms with van der Waals surface area (Å²) in [6.07, 6.45) is 5.20. The second kappa shape index (κ2) is 8.05. The van der Waals surface area contributed by atoms with Crippen molar-refractivity contribution in [3.8, 4) is 6.07 Å². The molecule has 2 fully saturated rings. The molecule has 2 aliphatic rings. The van der Waals surface area contributed by atoms with E-state index in [0.29, 0.717) is 25.9 Å². The normalized spacial score (nSPS) is 18.7. The summed E-state index contributed by atoms with van der Waals surface area (Å²) >= 11 is 0. The van der Waals surface area contributed by atoms with Crippen molar-refractivity contribution >= 4 is 23.6 Å². The lowest BCUT2D eigenvalue weighted by Gasteiger charge is -2.30. The van der Waals surface area contributed by atoms with Gasteiger partial charge in [0.05, 0.1) is 0 Å². The minimum atomic E-state index is -0.314. The number of carbonyl (C=O) groups excluding carboxylic acids is 2. The Labute approximate surface area is 153 Å². The van der Waals surface area contributed by atoms with Gasteiger partial charge in [-0.05, 0) is 49.5 Å². The minimum Gasteiger partial charge on any atom is -0.372 e. The molecule has 3 rings (SSSR count). The highest BCUT2D eigenvalue weighted by Crippen LogP contribution is 2.22. The zero-order valence-electron chi connectivity index (χ0n) is 14.9. The summed E-state index contributed by atoms with van der Waals surface area (Å²) in [5, 5.41) is 9.41. The lowest BCUT2D eigenvalue weighted by Crippen LogP contribution is -2.42. The number of nitriles is 1. The Hall–Kier alpha value is -2.81. The highest BCUT2D eigenvalue weighted by atomic mass is 16.2. The number of hydrogen-bond acceptors (Lipinski definition) is 4. The number of carbonyl (C=O) groups is 2. The second-order valence-electron chi connectivity index (χ2n) is 6.92. The lowest BCUT2D eigenvalue weighted by molar-refractivity contribution is -0.131. The maximum Gasteiger partial charge on any atom is 0.264 e. The molecule has 2 saturated heterocycles. The van der Waals surface area contributed by atoms with E-state index in [9.17, 15) is 14.9 Å². The highest BCUT2D eigenvalue weighted by Gasteiger charge is 2.27. The monoisotopic (exact) mass is 352 g/mol. The number of nitrogens with zero attached hydrogens (tertiary/aromatic N) is 3. The maximum atomic E-state index is 12.6. The van der Waals surface area contributed by atoms with Crippen LogP contribution in [-0.2, 0) is 9.59 Å². The summed E-state index contributed by atoms with van der Waals surface area (Å²) in [7, 11) is 0. The van der Waals surface area contributed by atoms with Gasteiger partial charge in [0.25, 0.3) is 5.91 Å². The zero-order valence-corrected chi connectivity index (χ0v) is 14.9. The van der Waals surface area contributed by atoms with Gasteiger partial charge < -0.3 is 15.5 Å². The van der Waals surface area contributed by atoms with Crippen LogP contribution in [0.4, 0.5) is 5.69 Å². The molecule has 2 aliphatic heterocycles. The summed E-state index contributed by atoms with van der Waals surface area (Å²) in [6, 6.07) is 9.98. The first-order chi connectivity index (χ1) is 12.6. The van der Waals surface area contributed by atoms with E-state index >= 15 is 0 Å². The number of hydrogen-bond donors (Lipinski definition) is 1. The molecule has 0 saturated carbocycles. The van der Waals surface area contributed by atoms with Crippen LogP contribution in [0.2, 0.25) is 0 Å². The number of rotatable bonds is 4. The molecule has 6 heteroatoms. The molecule has 136 valence electrons. The Kier molecular flexibility index (Phi) is 5.57. The molecule has 1 aromatic carbocycles. The molecule has 0 aromatic heterocycles. The van der Waals surface area contributed by atoms with Gasteiger partial charge in [0.15, 0.2) is 0 Å². The number of piperidine rings is 1. The fourth-order valence-corrected chi connectivity index (χ4v) is 3.60. The molecule has 1 aromatic rings. The molecular weight excluding hydrogens is 328 g/mol. The van der Waals surface area contributed by atoms with Crippen molar-refractivity contribution < 1.29 is 9.59 Å². The molecule has 2 N–H and O–H groups in total. The third kappa shape index (κ3) is 4.05. The predicted molar refractivity (Wildman–Crippen MR) is 100.0 cm³/mol. The first-order valence-electron chi connectivity index (χ1n) is 9.14. The topological polar surface area (TPSA) is 90.4 Å². The number of anilines is 1. The Morgan fingerprint density at radius 3 is 2.23 bits per heavy atom. The van der Waals surface area contributed by atoms with Crippen molar-refractivity contribution in [3.05, 3.63) is 35.4 Å². The summed E-state index contributed by atoms with van der Waals surface area (Å²) in [5.74, 6) is -0.767. The fraction of sp³-hybridized carbons (Fsp3) is 0.450. The van der Waals surface area contributed by atoms with Gasteiger partial charge in [0.1, 0.15) is 11.6 Å². The summed E-state index contributed by atoms with van der Waals surface area (Å²) in [6.45, 7) is 3.08. The molecule has 6 nitrogen and oxygen atoms in total. The van der Waals surface area contributed by atoms with Crippen molar-refractivity contribution in [3.63, 3.8) is 0 Å². The Balaban J connectivity index is 1.67. The average Bonchev–Trinajstić information content (AvgIpc) is 3.21. The van der Waals surface area contributed by atoms with E-state index in [1.165, 1.54) is 18.5 Å². The molecule has 0 atom stereocenters. The van der Waals surface area contributed by atoms with E-state index in [1.54, 1.807) is 11.0 Å². The SMILES string of the molecule is N#CC(=Cc1ccc(N2CCCC2)cc1)C(=O)N1CCC(C(N)=O)CC1. The van der Waals surface area contributed by atoms with Crippen LogP contribution in [0.1, 0.15) is 31.2 Å². The number of nitrogens with two attached hydrogens (primary N) is 1. The molecule has 26 heavy (non-hydrogen) atoms. The Bertz CT molecular complexity index is 734. The van der Waals surface area contributed by atoms with Crippen molar-refractivity contribution in [2.24, 2.45) is 11.7 Å². The Morgan fingerprint density at radius 2 is 1.69 bits per heavy atom. The molecule has 2 heterocycles. The summed E-state index contributed by atoms with van der Waals surface area (Å²) in [5.41, 5.74) is 7.46. The molecule has 0 unspecified atom stereocenters. The molecule has 2 amide bonds. The fourth-order valence-electron chi connectivity index (χ4n) is 3.60. The molecule has 0 aliphatic carbocycles. The number of amides is 2. The van der Waals surface area contributed by atoms with Crippen LogP contribution in [0.5, 0.6) is 0 Å². The van der Waals surface area contributed by atoms with Crippen molar-refractivity contribution in [1.82, 2.24) is 4.90 Å². The van der Waals surface area contributed by atoms with Crippen molar-refractivity contribution in [2.75, 3.05) is 31.1 Å². The minimum absolute atomic E-state index is 0.122. The smallest absolute Gasteiger partial charge is 0.264 e. The molecule has 0 radical (unpaired) electrons. The van der Waals surface area contributed by atoms with E-state index in [1.807, 2.05) is 30.3 Å². The number of primary amides is 1. The van der Waals surface area contributed by atoms with Crippen LogP contribution in [0.15, 0.2) is 29.8 Å². The Morgan fingerprint density at radius 1 is 1.08 bits per heavy atom. The number of benzene rings is 1. The molecule has 0 bridgehead atoms. The maximum absolute atomic E-state index is 12.6. The van der Waals surface area contributed by atoms with Crippen LogP contribution < -0.4 is 10.6 Å². The average molecular weight is 352 g/mol. The van der Waals surface area contributed by atoms with Crippen LogP contribution in [0, 0.1) is 17.2 Å². The van der Waals surface area contributed by atoms with Gasteiger partial charge in [-0.25, -0.2) is 0 Å². The second-order valence-corrected chi connectivity index (χ2v) is 6.92. The van der Waals surface area contributed by atoms with Gasteiger partial charge in [0.2, 0.25) is 5.91 Å². The van der Waals surface area contributed by atoms with Gasteiger partial charge in [-0.1, -0.05) is 12.1 Å². The van der Waals surface area contributed by atoms with E-state index in [-0.39, 0.29) is 23.3 Å². The van der Waals surface area contributed by atoms with Gasteiger partial charge in [0, 0.05) is 37.8 Å². The first kappa shape index (κ1) is 18.0. The van der Waals surface area contributed by atoms with Crippen LogP contribution in [0.3, 0.4) is 0 Å². The van der Waals surface area contributed by atoms with E-state index in [0.717, 1.165) is 18.7 Å². The van der Waals surface area contributed by atoms with Crippen LogP contribution in [-0.4, -0.2) is 42.9 Å². The highest BCUT2D eigenvalue weighted by molar-refractivity contribution is 6.01. The van der Waals surface area contributed by atoms with E-state index in [2.05, 4.69) is 4.90 Å². The largest absolute Gasteiger partial charge is 0.372 e. The van der Waals surface area contributed by atoms with Gasteiger partial charge in [-0.2, -0.15) is 5.26 Å². The van der Waals surface area contributed by atoms with E-state index in [4.69, 9.17) is 5.73 Å². The van der Waals surface area contributed by atoms with Gasteiger partial charge >= 0.3 is 0 Å². The number of likely N-dealkylation sites (tertiary alicyclic amines) is 1. The first-order valence-corrected chi connectivity index (χ1v) is 9.14. The van der Waals surface area contributed by atoms with Crippen LogP contribution in [0.25, 0.3) is 6.08 Å². The van der Waals surface area contributed by atoms with Gasteiger partial charge in [-0.15, -0.1) is 0 Å².